The minimum Gasteiger partial charge on any atom is -0.399 e. The minimum absolute atomic E-state index is 1.06. The zero-order valence-electron chi connectivity index (χ0n) is 6.55. The molecule has 0 saturated heterocycles. The van der Waals surface area contributed by atoms with Gasteiger partial charge in [-0.05, 0) is 32.3 Å². The van der Waals surface area contributed by atoms with Gasteiger partial charge in [-0.15, -0.1) is 0 Å². The summed E-state index contributed by atoms with van der Waals surface area (Å²) in [6, 6.07) is 0. The molecule has 2 nitrogen and oxygen atoms in total. The molecule has 0 bridgehead atoms. The molecule has 0 unspecified atom stereocenters. The van der Waals surface area contributed by atoms with Gasteiger partial charge >= 0.3 is 0 Å². The zero-order valence-corrected chi connectivity index (χ0v) is 6.55. The van der Waals surface area contributed by atoms with Crippen LogP contribution in [0.1, 0.15) is 26.2 Å². The lowest BCUT2D eigenvalue weighted by molar-refractivity contribution is 0.212. The highest BCUT2D eigenvalue weighted by molar-refractivity contribution is 5.95. The molecule has 10 heavy (non-hydrogen) atoms. The second-order valence-corrected chi connectivity index (χ2v) is 2.61. The predicted molar refractivity (Wildman–Crippen MR) is 42.1 cm³/mol. The summed E-state index contributed by atoms with van der Waals surface area (Å²) in [5.41, 5.74) is 2.48. The molecule has 0 aliphatic heterocycles. The number of rotatable bonds is 1. The van der Waals surface area contributed by atoms with Crippen LogP contribution < -0.4 is 0 Å². The van der Waals surface area contributed by atoms with Crippen LogP contribution in [-0.4, -0.2) is 12.8 Å². The van der Waals surface area contributed by atoms with Crippen molar-refractivity contribution >= 4 is 5.71 Å². The van der Waals surface area contributed by atoms with Gasteiger partial charge in [0.2, 0.25) is 0 Å². The summed E-state index contributed by atoms with van der Waals surface area (Å²) in [5, 5.41) is 3.87. The summed E-state index contributed by atoms with van der Waals surface area (Å²) in [5.74, 6) is 0. The van der Waals surface area contributed by atoms with Crippen molar-refractivity contribution in [2.45, 2.75) is 26.2 Å². The molecule has 0 radical (unpaired) electrons. The van der Waals surface area contributed by atoms with Crippen LogP contribution in [0.3, 0.4) is 0 Å². The Morgan fingerprint density at radius 3 is 2.90 bits per heavy atom. The number of oxime groups is 1. The maximum Gasteiger partial charge on any atom is 0.106 e. The first-order valence-electron chi connectivity index (χ1n) is 3.60. The average Bonchev–Trinajstić information content (AvgIpc) is 1.88. The molecule has 0 aromatic heterocycles. The van der Waals surface area contributed by atoms with E-state index in [0.29, 0.717) is 0 Å². The summed E-state index contributed by atoms with van der Waals surface area (Å²) < 4.78 is 0. The smallest absolute Gasteiger partial charge is 0.106 e. The maximum absolute atomic E-state index is 4.67. The van der Waals surface area contributed by atoms with E-state index in [1.165, 1.54) is 18.4 Å². The van der Waals surface area contributed by atoms with E-state index in [4.69, 9.17) is 0 Å². The quantitative estimate of drug-likeness (QED) is 0.510. The Bertz CT molecular complexity index is 170. The van der Waals surface area contributed by atoms with Crippen molar-refractivity contribution in [3.05, 3.63) is 11.6 Å². The van der Waals surface area contributed by atoms with Crippen molar-refractivity contribution in [1.29, 1.82) is 0 Å². The number of hydrogen-bond acceptors (Lipinski definition) is 2. The van der Waals surface area contributed by atoms with E-state index in [0.717, 1.165) is 12.1 Å². The third-order valence-corrected chi connectivity index (χ3v) is 1.63. The first-order chi connectivity index (χ1) is 4.83. The van der Waals surface area contributed by atoms with Gasteiger partial charge < -0.3 is 4.84 Å². The number of allylic oxidation sites excluding steroid dienone is 2. The van der Waals surface area contributed by atoms with Crippen LogP contribution in [0.4, 0.5) is 0 Å². The average molecular weight is 139 g/mol. The fourth-order valence-corrected chi connectivity index (χ4v) is 1.17. The first kappa shape index (κ1) is 7.32. The molecule has 2 heteroatoms. The van der Waals surface area contributed by atoms with E-state index >= 15 is 0 Å². The van der Waals surface area contributed by atoms with Crippen molar-refractivity contribution < 1.29 is 4.84 Å². The Balaban J connectivity index is 2.62. The molecule has 1 aliphatic carbocycles. The molecule has 0 amide bonds. The van der Waals surface area contributed by atoms with Crippen LogP contribution in [0, 0.1) is 0 Å². The lowest BCUT2D eigenvalue weighted by Gasteiger charge is -2.08. The Hall–Kier alpha value is -0.790. The van der Waals surface area contributed by atoms with Gasteiger partial charge in [-0.1, -0.05) is 10.7 Å². The minimum atomic E-state index is 1.06. The van der Waals surface area contributed by atoms with E-state index in [9.17, 15) is 0 Å². The van der Waals surface area contributed by atoms with Gasteiger partial charge in [0.25, 0.3) is 0 Å². The van der Waals surface area contributed by atoms with Gasteiger partial charge in [-0.2, -0.15) is 0 Å². The molecule has 1 aliphatic rings. The topological polar surface area (TPSA) is 21.6 Å². The standard InChI is InChI=1S/C8H13NO/c1-7-4-3-5-8(6-7)9-10-2/h6H,3-5H2,1-2H3/b9-8-. The third-order valence-electron chi connectivity index (χ3n) is 1.63. The molecule has 0 spiro atoms. The van der Waals surface area contributed by atoms with Crippen LogP contribution in [0.25, 0.3) is 0 Å². The van der Waals surface area contributed by atoms with Gasteiger partial charge in [-0.25, -0.2) is 0 Å². The van der Waals surface area contributed by atoms with Crippen LogP contribution in [0.5, 0.6) is 0 Å². The van der Waals surface area contributed by atoms with E-state index < -0.39 is 0 Å². The largest absolute Gasteiger partial charge is 0.399 e. The normalized spacial score (nSPS) is 22.6. The molecule has 0 aromatic rings. The lowest BCUT2D eigenvalue weighted by Crippen LogP contribution is -2.01. The van der Waals surface area contributed by atoms with Gasteiger partial charge in [0.15, 0.2) is 0 Å². The Labute approximate surface area is 61.6 Å². The number of hydrogen-bond donors (Lipinski definition) is 0. The molecule has 0 N–H and O–H groups in total. The Kier molecular flexibility index (Phi) is 2.49. The highest BCUT2D eigenvalue weighted by Gasteiger charge is 2.04. The summed E-state index contributed by atoms with van der Waals surface area (Å²) in [4.78, 5) is 4.67. The molecule has 0 atom stereocenters. The molecule has 0 aromatic carbocycles. The Morgan fingerprint density at radius 1 is 1.50 bits per heavy atom. The zero-order chi connectivity index (χ0) is 7.40. The van der Waals surface area contributed by atoms with Crippen molar-refractivity contribution in [3.63, 3.8) is 0 Å². The first-order valence-corrected chi connectivity index (χ1v) is 3.60. The fraction of sp³-hybridized carbons (Fsp3) is 0.625. The maximum atomic E-state index is 4.67. The van der Waals surface area contributed by atoms with E-state index in [-0.39, 0.29) is 0 Å². The van der Waals surface area contributed by atoms with Gasteiger partial charge in [0.1, 0.15) is 7.11 Å². The van der Waals surface area contributed by atoms with E-state index in [1.807, 2.05) is 0 Å². The molecule has 0 saturated carbocycles. The van der Waals surface area contributed by atoms with Gasteiger partial charge in [-0.3, -0.25) is 0 Å². The highest BCUT2D eigenvalue weighted by Crippen LogP contribution is 2.14. The van der Waals surface area contributed by atoms with Gasteiger partial charge in [0.05, 0.1) is 5.71 Å². The number of nitrogens with zero attached hydrogens (tertiary/aromatic N) is 1. The van der Waals surface area contributed by atoms with Gasteiger partial charge in [0, 0.05) is 0 Å². The SMILES string of the molecule is CO/N=C1\C=C(C)CCC1. The summed E-state index contributed by atoms with van der Waals surface area (Å²) in [7, 11) is 1.59. The van der Waals surface area contributed by atoms with Crippen LogP contribution >= 0.6 is 0 Å². The molecular weight excluding hydrogens is 126 g/mol. The molecule has 1 rings (SSSR count). The Morgan fingerprint density at radius 2 is 2.30 bits per heavy atom. The van der Waals surface area contributed by atoms with Crippen molar-refractivity contribution in [1.82, 2.24) is 0 Å². The van der Waals surface area contributed by atoms with Crippen LogP contribution in [-0.2, 0) is 4.84 Å². The van der Waals surface area contributed by atoms with E-state index in [1.54, 1.807) is 7.11 Å². The van der Waals surface area contributed by atoms with Crippen molar-refractivity contribution in [3.8, 4) is 0 Å². The molecular formula is C8H13NO. The predicted octanol–water partition coefficient (Wildman–Crippen LogP) is 2.12. The van der Waals surface area contributed by atoms with Crippen LogP contribution in [0.15, 0.2) is 16.8 Å². The van der Waals surface area contributed by atoms with E-state index in [2.05, 4.69) is 23.0 Å². The van der Waals surface area contributed by atoms with Crippen molar-refractivity contribution in [2.24, 2.45) is 5.16 Å². The van der Waals surface area contributed by atoms with Crippen molar-refractivity contribution in [2.75, 3.05) is 7.11 Å². The van der Waals surface area contributed by atoms with Crippen LogP contribution in [0.2, 0.25) is 0 Å². The third kappa shape index (κ3) is 1.87. The second-order valence-electron chi connectivity index (χ2n) is 2.61. The molecule has 0 fully saturated rings. The molecule has 56 valence electrons. The summed E-state index contributed by atoms with van der Waals surface area (Å²) >= 11 is 0. The lowest BCUT2D eigenvalue weighted by atomic mass is 10.00. The fourth-order valence-electron chi connectivity index (χ4n) is 1.17. The summed E-state index contributed by atoms with van der Waals surface area (Å²) in [6.07, 6.45) is 5.59. The monoisotopic (exact) mass is 139 g/mol. The summed E-state index contributed by atoms with van der Waals surface area (Å²) in [6.45, 7) is 2.13. The molecule has 0 heterocycles. The highest BCUT2D eigenvalue weighted by atomic mass is 16.6. The second kappa shape index (κ2) is 3.40.